The molecule has 0 saturated carbocycles. The molecule has 0 spiro atoms. The molecule has 0 amide bonds. The van der Waals surface area contributed by atoms with E-state index in [1.807, 2.05) is 13.8 Å². The highest BCUT2D eigenvalue weighted by molar-refractivity contribution is 5.22. The van der Waals surface area contributed by atoms with Gasteiger partial charge in [-0.25, -0.2) is 11.0 Å². The predicted octanol–water partition coefficient (Wildman–Crippen LogP) is 0.186. The molecule has 0 aliphatic heterocycles. The van der Waals surface area contributed by atoms with Gasteiger partial charge in [0.25, 0.3) is 0 Å². The van der Waals surface area contributed by atoms with E-state index < -0.39 is 0 Å². The Balaban J connectivity index is 3.33. The van der Waals surface area contributed by atoms with Crippen molar-refractivity contribution in [1.29, 1.82) is 0 Å². The summed E-state index contributed by atoms with van der Waals surface area (Å²) in [5, 5.41) is 4.75. The average molecular weight is 101 g/mol. The topological polar surface area (TPSA) is 41.6 Å². The number of nitrogens with zero attached hydrogens (tertiary/aromatic N) is 2. The molecule has 0 aliphatic rings. The molecular formula is C4H11N3. The molecule has 0 heterocycles. The van der Waals surface area contributed by atoms with Gasteiger partial charge in [-0.1, -0.05) is 0 Å². The van der Waals surface area contributed by atoms with Crippen LogP contribution in [0.2, 0.25) is 0 Å². The van der Waals surface area contributed by atoms with Crippen LogP contribution in [0.1, 0.15) is 13.8 Å². The molecule has 0 fully saturated rings. The lowest BCUT2D eigenvalue weighted by Crippen LogP contribution is -2.31. The van der Waals surface area contributed by atoms with E-state index in [0.717, 1.165) is 0 Å². The number of nitrogens with two attached hydrogens (primary N) is 1. The van der Waals surface area contributed by atoms with Crippen LogP contribution in [-0.4, -0.2) is 17.9 Å². The molecule has 0 rings (SSSR count). The van der Waals surface area contributed by atoms with Crippen molar-refractivity contribution in [3.8, 4) is 0 Å². The first kappa shape index (κ1) is 6.43. The summed E-state index contributed by atoms with van der Waals surface area (Å²) < 4.78 is 0. The minimum atomic E-state index is 0.248. The molecule has 2 N–H and O–H groups in total. The second-order valence-electron chi connectivity index (χ2n) is 1.62. The molecule has 3 heteroatoms. The molecule has 0 unspecified atom stereocenters. The van der Waals surface area contributed by atoms with Crippen molar-refractivity contribution < 1.29 is 0 Å². The first-order chi connectivity index (χ1) is 3.18. The summed E-state index contributed by atoms with van der Waals surface area (Å²) in [4.78, 5) is 0. The zero-order valence-electron chi connectivity index (χ0n) is 4.76. The van der Waals surface area contributed by atoms with Crippen LogP contribution in [0.3, 0.4) is 0 Å². The molecule has 0 aromatic rings. The van der Waals surface area contributed by atoms with Crippen molar-refractivity contribution in [2.24, 2.45) is 10.9 Å². The SMILES string of the molecule is C=NN(N)C(C)C. The Bertz CT molecular complexity index is 60.0. The third-order valence-electron chi connectivity index (χ3n) is 0.692. The van der Waals surface area contributed by atoms with Crippen LogP contribution in [0.15, 0.2) is 5.10 Å². The third-order valence-corrected chi connectivity index (χ3v) is 0.692. The summed E-state index contributed by atoms with van der Waals surface area (Å²) >= 11 is 0. The smallest absolute Gasteiger partial charge is 0.0583 e. The van der Waals surface area contributed by atoms with Gasteiger partial charge in [0, 0.05) is 6.72 Å². The summed E-state index contributed by atoms with van der Waals surface area (Å²) in [6.07, 6.45) is 0. The van der Waals surface area contributed by atoms with Crippen molar-refractivity contribution in [2.45, 2.75) is 19.9 Å². The van der Waals surface area contributed by atoms with Crippen LogP contribution in [-0.2, 0) is 0 Å². The highest BCUT2D eigenvalue weighted by Gasteiger charge is 1.94. The quantitative estimate of drug-likeness (QED) is 0.306. The summed E-state index contributed by atoms with van der Waals surface area (Å²) in [6.45, 7) is 7.11. The van der Waals surface area contributed by atoms with Crippen molar-refractivity contribution in [3.05, 3.63) is 0 Å². The maximum Gasteiger partial charge on any atom is 0.0583 e. The van der Waals surface area contributed by atoms with Crippen molar-refractivity contribution >= 4 is 6.72 Å². The largest absolute Gasteiger partial charge is 0.231 e. The van der Waals surface area contributed by atoms with Crippen molar-refractivity contribution in [3.63, 3.8) is 0 Å². The first-order valence-electron chi connectivity index (χ1n) is 2.19. The Morgan fingerprint density at radius 1 is 1.71 bits per heavy atom. The van der Waals surface area contributed by atoms with E-state index in [0.29, 0.717) is 0 Å². The van der Waals surface area contributed by atoms with E-state index in [1.165, 1.54) is 5.12 Å². The lowest BCUT2D eigenvalue weighted by atomic mass is 10.4. The maximum absolute atomic E-state index is 5.22. The average Bonchev–Trinajstić information content (AvgIpc) is 1.65. The van der Waals surface area contributed by atoms with Crippen LogP contribution in [0.5, 0.6) is 0 Å². The van der Waals surface area contributed by atoms with E-state index in [9.17, 15) is 0 Å². The Morgan fingerprint density at radius 2 is 2.14 bits per heavy atom. The predicted molar refractivity (Wildman–Crippen MR) is 30.7 cm³/mol. The molecular weight excluding hydrogens is 90.1 g/mol. The Kier molecular flexibility index (Phi) is 2.37. The fraction of sp³-hybridized carbons (Fsp3) is 0.750. The molecule has 0 aliphatic carbocycles. The molecule has 0 aromatic carbocycles. The van der Waals surface area contributed by atoms with Crippen LogP contribution in [0, 0.1) is 0 Å². The highest BCUT2D eigenvalue weighted by atomic mass is 15.6. The molecule has 0 atom stereocenters. The summed E-state index contributed by atoms with van der Waals surface area (Å²) in [5.74, 6) is 5.22. The minimum Gasteiger partial charge on any atom is -0.231 e. The number of rotatable bonds is 2. The van der Waals surface area contributed by atoms with Crippen LogP contribution >= 0.6 is 0 Å². The normalized spacial score (nSPS) is 9.14. The van der Waals surface area contributed by atoms with Gasteiger partial charge in [-0.05, 0) is 13.8 Å². The molecule has 7 heavy (non-hydrogen) atoms. The summed E-state index contributed by atoms with van der Waals surface area (Å²) in [7, 11) is 0. The van der Waals surface area contributed by atoms with Crippen molar-refractivity contribution in [1.82, 2.24) is 5.12 Å². The van der Waals surface area contributed by atoms with Gasteiger partial charge in [-0.15, -0.1) is 0 Å². The fourth-order valence-electron chi connectivity index (χ4n) is 0.163. The maximum atomic E-state index is 5.22. The van der Waals surface area contributed by atoms with Gasteiger partial charge >= 0.3 is 0 Å². The van der Waals surface area contributed by atoms with Gasteiger partial charge in [0.05, 0.1) is 6.04 Å². The number of hydrazine groups is 1. The molecule has 0 radical (unpaired) electrons. The molecule has 3 nitrogen and oxygen atoms in total. The van der Waals surface area contributed by atoms with Crippen LogP contribution in [0.25, 0.3) is 0 Å². The van der Waals surface area contributed by atoms with E-state index in [2.05, 4.69) is 11.8 Å². The molecule has 0 aromatic heterocycles. The van der Waals surface area contributed by atoms with E-state index in [4.69, 9.17) is 5.84 Å². The Morgan fingerprint density at radius 3 is 2.14 bits per heavy atom. The zero-order valence-corrected chi connectivity index (χ0v) is 4.76. The Labute approximate surface area is 43.8 Å². The molecule has 0 saturated heterocycles. The first-order valence-corrected chi connectivity index (χ1v) is 2.19. The highest BCUT2D eigenvalue weighted by Crippen LogP contribution is 1.86. The van der Waals surface area contributed by atoms with Gasteiger partial charge in [-0.3, -0.25) is 0 Å². The Hall–Kier alpha value is -0.570. The van der Waals surface area contributed by atoms with Gasteiger partial charge in [-0.2, -0.15) is 5.10 Å². The number of hydrazone groups is 1. The molecule has 0 bridgehead atoms. The van der Waals surface area contributed by atoms with Crippen LogP contribution < -0.4 is 5.84 Å². The number of hydrogen-bond acceptors (Lipinski definition) is 3. The third kappa shape index (κ3) is 2.17. The van der Waals surface area contributed by atoms with Gasteiger partial charge in [0.15, 0.2) is 0 Å². The second-order valence-corrected chi connectivity index (χ2v) is 1.62. The minimum absolute atomic E-state index is 0.248. The van der Waals surface area contributed by atoms with E-state index in [-0.39, 0.29) is 6.04 Å². The fourth-order valence-corrected chi connectivity index (χ4v) is 0.163. The van der Waals surface area contributed by atoms with E-state index >= 15 is 0 Å². The zero-order chi connectivity index (χ0) is 5.86. The lowest BCUT2D eigenvalue weighted by molar-refractivity contribution is 0.242. The van der Waals surface area contributed by atoms with Crippen molar-refractivity contribution in [2.75, 3.05) is 0 Å². The monoisotopic (exact) mass is 101 g/mol. The van der Waals surface area contributed by atoms with Gasteiger partial charge < -0.3 is 0 Å². The lowest BCUT2D eigenvalue weighted by Gasteiger charge is -2.14. The second kappa shape index (κ2) is 2.58. The standard InChI is InChI=1S/C4H11N3/c1-4(2)7(5)6-3/h4H,3,5H2,1-2H3. The summed E-state index contributed by atoms with van der Waals surface area (Å²) in [6, 6.07) is 0.248. The van der Waals surface area contributed by atoms with Crippen LogP contribution in [0.4, 0.5) is 0 Å². The molecule has 42 valence electrons. The van der Waals surface area contributed by atoms with Gasteiger partial charge in [0.2, 0.25) is 0 Å². The van der Waals surface area contributed by atoms with Gasteiger partial charge in [0.1, 0.15) is 0 Å². The summed E-state index contributed by atoms with van der Waals surface area (Å²) in [5.41, 5.74) is 0. The van der Waals surface area contributed by atoms with E-state index in [1.54, 1.807) is 0 Å². The number of hydrogen-bond donors (Lipinski definition) is 1.